The molecule has 360 valence electrons. The number of methoxy groups -OCH3 is 2. The highest BCUT2D eigenvalue weighted by Gasteiger charge is 2.39. The van der Waals surface area contributed by atoms with E-state index in [9.17, 15) is 24.3 Å². The van der Waals surface area contributed by atoms with Crippen molar-refractivity contribution in [3.63, 3.8) is 0 Å². The van der Waals surface area contributed by atoms with Crippen LogP contribution in [0.5, 0.6) is 11.5 Å². The summed E-state index contributed by atoms with van der Waals surface area (Å²) < 4.78 is 18.2. The second-order valence-electron chi connectivity index (χ2n) is 16.7. The lowest BCUT2D eigenvalue weighted by Gasteiger charge is -2.37. The number of anilines is 4. The summed E-state index contributed by atoms with van der Waals surface area (Å²) in [5, 5.41) is 21.3. The summed E-state index contributed by atoms with van der Waals surface area (Å²) in [6.07, 6.45) is 9.49. The van der Waals surface area contributed by atoms with Gasteiger partial charge in [-0.15, -0.1) is 0 Å². The van der Waals surface area contributed by atoms with E-state index in [1.807, 2.05) is 56.9 Å². The first-order chi connectivity index (χ1) is 32.7. The Morgan fingerprint density at radius 3 is 1.40 bits per heavy atom. The van der Waals surface area contributed by atoms with Crippen molar-refractivity contribution < 1.29 is 38.5 Å². The number of ether oxygens (including phenoxy) is 3. The Kier molecular flexibility index (Phi) is 15.4. The van der Waals surface area contributed by atoms with Crippen molar-refractivity contribution in [3.8, 4) is 33.8 Å². The number of hydrogen-bond acceptors (Lipinski definition) is 17. The van der Waals surface area contributed by atoms with Crippen LogP contribution in [0.15, 0.2) is 49.1 Å². The zero-order valence-electron chi connectivity index (χ0n) is 39.1. The molecule has 6 aromatic rings. The lowest BCUT2D eigenvalue weighted by Crippen LogP contribution is -2.44. The molecular weight excluding hydrogens is 913 g/mol. The molecule has 0 unspecified atom stereocenters. The highest BCUT2D eigenvalue weighted by molar-refractivity contribution is 7.22. The van der Waals surface area contributed by atoms with E-state index in [2.05, 4.69) is 56.1 Å². The number of fused-ring (bicyclic) bond motifs is 2. The molecule has 8 rings (SSSR count). The Labute approximate surface area is 401 Å². The number of amides is 4. The maximum atomic E-state index is 12.3. The second-order valence-corrected chi connectivity index (χ2v) is 18.8. The summed E-state index contributed by atoms with van der Waals surface area (Å²) in [4.78, 5) is 78.8. The molecule has 2 aliphatic heterocycles. The number of carbonyl (C=O) groups excluding carboxylic acids is 3. The van der Waals surface area contributed by atoms with Gasteiger partial charge >= 0.3 is 24.0 Å². The van der Waals surface area contributed by atoms with Crippen molar-refractivity contribution >= 4 is 89.3 Å². The van der Waals surface area contributed by atoms with Crippen LogP contribution in [-0.4, -0.2) is 119 Å². The number of thiazole rings is 2. The van der Waals surface area contributed by atoms with Crippen LogP contribution in [0.3, 0.4) is 0 Å². The van der Waals surface area contributed by atoms with E-state index in [4.69, 9.17) is 14.2 Å². The van der Waals surface area contributed by atoms with Crippen LogP contribution in [0, 0.1) is 10.8 Å². The predicted octanol–water partition coefficient (Wildman–Crippen LogP) is 7.67. The second kappa shape index (κ2) is 21.3. The van der Waals surface area contributed by atoms with Crippen molar-refractivity contribution in [1.29, 1.82) is 0 Å². The SMILES string of the molecule is CCNC(=O)Nc1nc2cc(-c3cnc(N4CCC(C)(C(=O)O)CC4)nc3)c(OC)cc2s1.CCNC(=O)Nc1nc2cc(-c3cnc(N4CCC(C)(C(=O)OCC)CC4)nc3)c(OC)cc2s1. The van der Waals surface area contributed by atoms with Crippen LogP contribution in [0.25, 0.3) is 42.7 Å². The van der Waals surface area contributed by atoms with Crippen molar-refractivity contribution in [2.24, 2.45) is 10.8 Å². The van der Waals surface area contributed by atoms with Gasteiger partial charge in [0.2, 0.25) is 11.9 Å². The number of benzene rings is 2. The summed E-state index contributed by atoms with van der Waals surface area (Å²) in [5.41, 5.74) is 3.50. The van der Waals surface area contributed by atoms with Gasteiger partial charge in [-0.25, -0.2) is 39.5 Å². The molecule has 0 aliphatic carbocycles. The number of esters is 1. The summed E-state index contributed by atoms with van der Waals surface area (Å²) in [6, 6.07) is 7.01. The fourth-order valence-corrected chi connectivity index (χ4v) is 9.52. The molecule has 0 spiro atoms. The Balaban J connectivity index is 0.000000202. The Bertz CT molecular complexity index is 2750. The molecule has 0 radical (unpaired) electrons. The number of carboxylic acids is 1. The van der Waals surface area contributed by atoms with Gasteiger partial charge in [0.15, 0.2) is 10.3 Å². The average Bonchev–Trinajstić information content (AvgIpc) is 3.93. The Morgan fingerprint density at radius 2 is 1.04 bits per heavy atom. The van der Waals surface area contributed by atoms with Crippen LogP contribution in [-0.2, 0) is 14.3 Å². The van der Waals surface area contributed by atoms with E-state index in [0.29, 0.717) is 105 Å². The minimum absolute atomic E-state index is 0.134. The molecular formula is C46H56N12O8S2. The summed E-state index contributed by atoms with van der Waals surface area (Å²) in [7, 11) is 3.21. The number of hydrogen-bond donors (Lipinski definition) is 5. The van der Waals surface area contributed by atoms with Crippen LogP contribution >= 0.6 is 22.7 Å². The zero-order chi connectivity index (χ0) is 48.6. The molecule has 4 aromatic heterocycles. The number of nitrogens with one attached hydrogen (secondary N) is 4. The highest BCUT2D eigenvalue weighted by atomic mass is 32.1. The number of urea groups is 2. The van der Waals surface area contributed by atoms with Crippen LogP contribution in [0.1, 0.15) is 60.3 Å². The normalized spacial score (nSPS) is 15.2. The largest absolute Gasteiger partial charge is 0.496 e. The molecule has 2 aliphatic rings. The first-order valence-electron chi connectivity index (χ1n) is 22.3. The van der Waals surface area contributed by atoms with Gasteiger partial charge in [0.05, 0.1) is 52.1 Å². The van der Waals surface area contributed by atoms with Crippen LogP contribution in [0.4, 0.5) is 31.7 Å². The third-order valence-electron chi connectivity index (χ3n) is 12.0. The van der Waals surface area contributed by atoms with Gasteiger partial charge in [0.1, 0.15) is 11.5 Å². The molecule has 20 nitrogen and oxygen atoms in total. The molecule has 4 amide bonds. The summed E-state index contributed by atoms with van der Waals surface area (Å²) in [6.45, 7) is 13.3. The van der Waals surface area contributed by atoms with Gasteiger partial charge in [-0.05, 0) is 72.4 Å². The van der Waals surface area contributed by atoms with Crippen LogP contribution in [0.2, 0.25) is 0 Å². The zero-order valence-corrected chi connectivity index (χ0v) is 40.7. The number of nitrogens with zero attached hydrogens (tertiary/aromatic N) is 8. The molecule has 0 atom stereocenters. The number of aliphatic carboxylic acids is 1. The molecule has 2 saturated heterocycles. The maximum Gasteiger partial charge on any atom is 0.321 e. The maximum absolute atomic E-state index is 12.3. The number of rotatable bonds is 13. The van der Waals surface area contributed by atoms with E-state index in [1.54, 1.807) is 45.9 Å². The fourth-order valence-electron chi connectivity index (χ4n) is 7.78. The minimum atomic E-state index is -0.757. The van der Waals surface area contributed by atoms with E-state index in [1.165, 1.54) is 22.7 Å². The third kappa shape index (κ3) is 11.1. The highest BCUT2D eigenvalue weighted by Crippen LogP contribution is 2.40. The molecule has 0 saturated carbocycles. The Hall–Kier alpha value is -6.94. The number of aromatic nitrogens is 6. The molecule has 5 N–H and O–H groups in total. The van der Waals surface area contributed by atoms with Gasteiger partial charge in [-0.3, -0.25) is 20.2 Å². The molecule has 68 heavy (non-hydrogen) atoms. The topological polar surface area (TPSA) is 248 Å². The van der Waals surface area contributed by atoms with Crippen molar-refractivity contribution in [3.05, 3.63) is 49.1 Å². The van der Waals surface area contributed by atoms with Gasteiger partial charge < -0.3 is 39.8 Å². The smallest absolute Gasteiger partial charge is 0.321 e. The first-order valence-corrected chi connectivity index (χ1v) is 23.9. The lowest BCUT2D eigenvalue weighted by molar-refractivity contribution is -0.155. The quantitative estimate of drug-likeness (QED) is 0.0697. The molecule has 2 fully saturated rings. The molecule has 6 heterocycles. The van der Waals surface area contributed by atoms with Gasteiger partial charge in [0, 0.05) is 98.4 Å². The Morgan fingerprint density at radius 1 is 0.647 bits per heavy atom. The lowest BCUT2D eigenvalue weighted by atomic mass is 9.80. The number of carbonyl (C=O) groups is 4. The molecule has 22 heteroatoms. The molecule has 2 aromatic carbocycles. The van der Waals surface area contributed by atoms with E-state index >= 15 is 0 Å². The van der Waals surface area contributed by atoms with Crippen molar-refractivity contribution in [2.45, 2.75) is 60.3 Å². The molecule has 0 bridgehead atoms. The van der Waals surface area contributed by atoms with E-state index < -0.39 is 16.8 Å². The summed E-state index contributed by atoms with van der Waals surface area (Å²) in [5.74, 6) is 1.64. The predicted molar refractivity (Wildman–Crippen MR) is 263 cm³/mol. The van der Waals surface area contributed by atoms with Gasteiger partial charge in [-0.1, -0.05) is 22.7 Å². The number of carboxylic acid groups (broad SMARTS) is 1. The summed E-state index contributed by atoms with van der Waals surface area (Å²) >= 11 is 2.74. The fraction of sp³-hybridized carbons (Fsp3) is 0.435. The van der Waals surface area contributed by atoms with E-state index in [0.717, 1.165) is 42.7 Å². The van der Waals surface area contributed by atoms with Crippen molar-refractivity contribution in [2.75, 3.05) is 80.5 Å². The standard InChI is InChI=1S/C24H30N6O4S.C22H26N6O4S/c1-5-25-22(32)29-23-28-17-11-16(18(33-4)12-19(17)35-23)15-13-26-21(27-14-15)30-9-7-24(3,8-10-30)20(31)34-6-2;1-4-23-20(31)27-21-26-15-9-14(16(32-3)10-17(15)33-21)13-11-24-19(25-12-13)28-7-5-22(2,6-8-28)18(29)30/h11-14H,5-10H2,1-4H3,(H2,25,28,29,32);9-12H,4-8H2,1-3H3,(H,29,30)(H2,23,26,27,31). The van der Waals surface area contributed by atoms with E-state index in [-0.39, 0.29) is 18.0 Å². The first kappa shape index (κ1) is 49.0. The van der Waals surface area contributed by atoms with Crippen LogP contribution < -0.4 is 40.5 Å². The third-order valence-corrected chi connectivity index (χ3v) is 13.9. The minimum Gasteiger partial charge on any atom is -0.496 e. The van der Waals surface area contributed by atoms with Gasteiger partial charge in [-0.2, -0.15) is 0 Å². The monoisotopic (exact) mass is 968 g/mol. The number of piperidine rings is 2. The van der Waals surface area contributed by atoms with Gasteiger partial charge in [0.25, 0.3) is 0 Å². The average molecular weight is 969 g/mol. The van der Waals surface area contributed by atoms with Crippen molar-refractivity contribution in [1.82, 2.24) is 40.5 Å².